The Morgan fingerprint density at radius 3 is 2.95 bits per heavy atom. The molecular weight excluding hydrogens is 244 g/mol. The zero-order chi connectivity index (χ0) is 13.5. The van der Waals surface area contributed by atoms with E-state index < -0.39 is 0 Å². The number of nitro benzene ring substituents is 1. The maximum absolute atomic E-state index is 10.8. The molecule has 0 radical (unpaired) electrons. The summed E-state index contributed by atoms with van der Waals surface area (Å²) in [5.74, 6) is 0.589. The molecule has 0 aromatic heterocycles. The van der Waals surface area contributed by atoms with E-state index in [1.165, 1.54) is 18.9 Å². The predicted molar refractivity (Wildman–Crippen MR) is 70.8 cm³/mol. The van der Waals surface area contributed by atoms with Crippen LogP contribution in [0.3, 0.4) is 0 Å². The highest BCUT2D eigenvalue weighted by atomic mass is 16.6. The number of nitrogens with two attached hydrogens (primary N) is 1. The van der Waals surface area contributed by atoms with E-state index in [1.54, 1.807) is 12.1 Å². The summed E-state index contributed by atoms with van der Waals surface area (Å²) in [5.41, 5.74) is 7.19. The third-order valence-corrected chi connectivity index (χ3v) is 4.14. The molecular formula is C14H18N2O3. The number of ether oxygens (including phenoxy) is 1. The van der Waals surface area contributed by atoms with Crippen LogP contribution in [0.2, 0.25) is 0 Å². The Morgan fingerprint density at radius 1 is 1.47 bits per heavy atom. The monoisotopic (exact) mass is 262 g/mol. The van der Waals surface area contributed by atoms with Crippen molar-refractivity contribution >= 4 is 5.69 Å². The summed E-state index contributed by atoms with van der Waals surface area (Å²) in [6.45, 7) is 0.701. The van der Waals surface area contributed by atoms with Crippen molar-refractivity contribution in [2.75, 3.05) is 6.61 Å². The number of non-ortho nitro benzene ring substituents is 1. The first-order valence-electron chi connectivity index (χ1n) is 6.72. The zero-order valence-electron chi connectivity index (χ0n) is 10.7. The molecule has 1 heterocycles. The minimum Gasteiger partial charge on any atom is -0.376 e. The van der Waals surface area contributed by atoms with E-state index in [9.17, 15) is 10.1 Å². The van der Waals surface area contributed by atoms with Crippen LogP contribution >= 0.6 is 0 Å². The molecule has 19 heavy (non-hydrogen) atoms. The van der Waals surface area contributed by atoms with Gasteiger partial charge in [-0.15, -0.1) is 0 Å². The summed E-state index contributed by atoms with van der Waals surface area (Å²) in [5, 5.41) is 10.8. The molecule has 2 atom stereocenters. The number of nitro groups is 1. The summed E-state index contributed by atoms with van der Waals surface area (Å²) < 4.78 is 5.78. The van der Waals surface area contributed by atoms with Gasteiger partial charge in [-0.05, 0) is 37.2 Å². The molecule has 0 bridgehead atoms. The van der Waals surface area contributed by atoms with Gasteiger partial charge in [-0.3, -0.25) is 10.1 Å². The standard InChI is InChI=1S/C14H18N2O3/c15-14(6-7-19-13(14)11-4-5-11)9-10-2-1-3-12(8-10)16(17)18/h1-3,8,11,13H,4-7,9,15H2. The Hall–Kier alpha value is -1.46. The lowest BCUT2D eigenvalue weighted by Gasteiger charge is -2.30. The highest BCUT2D eigenvalue weighted by Gasteiger charge is 2.48. The van der Waals surface area contributed by atoms with Gasteiger partial charge < -0.3 is 10.5 Å². The van der Waals surface area contributed by atoms with Crippen LogP contribution in [0.1, 0.15) is 24.8 Å². The zero-order valence-corrected chi connectivity index (χ0v) is 10.7. The molecule has 2 unspecified atom stereocenters. The van der Waals surface area contributed by atoms with Crippen molar-refractivity contribution in [3.05, 3.63) is 39.9 Å². The number of hydrogen-bond donors (Lipinski definition) is 1. The van der Waals surface area contributed by atoms with Gasteiger partial charge in [-0.2, -0.15) is 0 Å². The molecule has 2 fully saturated rings. The van der Waals surface area contributed by atoms with E-state index in [0.29, 0.717) is 18.9 Å². The maximum Gasteiger partial charge on any atom is 0.269 e. The van der Waals surface area contributed by atoms with E-state index in [4.69, 9.17) is 10.5 Å². The topological polar surface area (TPSA) is 78.4 Å². The summed E-state index contributed by atoms with van der Waals surface area (Å²) in [6.07, 6.45) is 3.98. The molecule has 5 heteroatoms. The second kappa shape index (κ2) is 4.58. The number of benzene rings is 1. The first kappa shape index (κ1) is 12.6. The van der Waals surface area contributed by atoms with Gasteiger partial charge >= 0.3 is 0 Å². The Kier molecular flexibility index (Phi) is 3.03. The summed E-state index contributed by atoms with van der Waals surface area (Å²) in [7, 11) is 0. The summed E-state index contributed by atoms with van der Waals surface area (Å²) >= 11 is 0. The van der Waals surface area contributed by atoms with Crippen LogP contribution in [-0.4, -0.2) is 23.2 Å². The van der Waals surface area contributed by atoms with Crippen LogP contribution in [0, 0.1) is 16.0 Å². The minimum absolute atomic E-state index is 0.117. The molecule has 2 aliphatic rings. The number of hydrogen-bond acceptors (Lipinski definition) is 4. The minimum atomic E-state index is -0.365. The third kappa shape index (κ3) is 2.48. The van der Waals surface area contributed by atoms with Crippen LogP contribution in [-0.2, 0) is 11.2 Å². The predicted octanol–water partition coefficient (Wildman–Crippen LogP) is 2.03. The van der Waals surface area contributed by atoms with Gasteiger partial charge in [-0.25, -0.2) is 0 Å². The highest BCUT2D eigenvalue weighted by molar-refractivity contribution is 5.35. The van der Waals surface area contributed by atoms with Crippen LogP contribution in [0.15, 0.2) is 24.3 Å². The second-order valence-electron chi connectivity index (χ2n) is 5.72. The Morgan fingerprint density at radius 2 is 2.26 bits per heavy atom. The molecule has 1 aliphatic heterocycles. The van der Waals surface area contributed by atoms with Crippen molar-refractivity contribution in [3.8, 4) is 0 Å². The normalized spacial score (nSPS) is 30.5. The molecule has 1 aliphatic carbocycles. The SMILES string of the molecule is NC1(Cc2cccc([N+](=O)[O-])c2)CCOC1C1CC1. The highest BCUT2D eigenvalue weighted by Crippen LogP contribution is 2.43. The second-order valence-corrected chi connectivity index (χ2v) is 5.72. The molecule has 0 spiro atoms. The molecule has 1 saturated carbocycles. The lowest BCUT2D eigenvalue weighted by Crippen LogP contribution is -2.50. The van der Waals surface area contributed by atoms with Crippen molar-refractivity contribution in [2.24, 2.45) is 11.7 Å². The van der Waals surface area contributed by atoms with E-state index in [0.717, 1.165) is 12.0 Å². The molecule has 1 saturated heterocycles. The van der Waals surface area contributed by atoms with Gasteiger partial charge in [0.1, 0.15) is 0 Å². The van der Waals surface area contributed by atoms with Gasteiger partial charge in [0.2, 0.25) is 0 Å². The molecule has 1 aromatic carbocycles. The van der Waals surface area contributed by atoms with Gasteiger partial charge in [0, 0.05) is 24.3 Å². The Labute approximate surface area is 111 Å². The largest absolute Gasteiger partial charge is 0.376 e. The lowest BCUT2D eigenvalue weighted by atomic mass is 9.83. The third-order valence-electron chi connectivity index (χ3n) is 4.14. The quantitative estimate of drug-likeness (QED) is 0.665. The van der Waals surface area contributed by atoms with E-state index >= 15 is 0 Å². The van der Waals surface area contributed by atoms with Crippen LogP contribution in [0.25, 0.3) is 0 Å². The molecule has 1 aromatic rings. The van der Waals surface area contributed by atoms with Crippen molar-refractivity contribution in [1.82, 2.24) is 0 Å². The fourth-order valence-electron chi connectivity index (χ4n) is 3.04. The van der Waals surface area contributed by atoms with Gasteiger partial charge in [0.25, 0.3) is 5.69 Å². The summed E-state index contributed by atoms with van der Waals surface area (Å²) in [4.78, 5) is 10.4. The fraction of sp³-hybridized carbons (Fsp3) is 0.571. The molecule has 102 valence electrons. The number of nitrogens with zero attached hydrogens (tertiary/aromatic N) is 1. The first-order valence-corrected chi connectivity index (χ1v) is 6.72. The molecule has 2 N–H and O–H groups in total. The number of rotatable bonds is 4. The fourth-order valence-corrected chi connectivity index (χ4v) is 3.04. The Bertz CT molecular complexity index is 501. The van der Waals surface area contributed by atoms with E-state index in [1.807, 2.05) is 6.07 Å². The molecule has 0 amide bonds. The van der Waals surface area contributed by atoms with Crippen LogP contribution < -0.4 is 5.73 Å². The van der Waals surface area contributed by atoms with Crippen molar-refractivity contribution < 1.29 is 9.66 Å². The van der Waals surface area contributed by atoms with E-state index in [-0.39, 0.29) is 22.3 Å². The van der Waals surface area contributed by atoms with Crippen molar-refractivity contribution in [3.63, 3.8) is 0 Å². The average Bonchev–Trinajstić information content (AvgIpc) is 3.13. The smallest absolute Gasteiger partial charge is 0.269 e. The lowest BCUT2D eigenvalue weighted by molar-refractivity contribution is -0.384. The molecule has 5 nitrogen and oxygen atoms in total. The molecule has 3 rings (SSSR count). The van der Waals surface area contributed by atoms with Crippen LogP contribution in [0.5, 0.6) is 0 Å². The average molecular weight is 262 g/mol. The summed E-state index contributed by atoms with van der Waals surface area (Å²) in [6, 6.07) is 6.76. The van der Waals surface area contributed by atoms with Crippen LogP contribution in [0.4, 0.5) is 5.69 Å². The van der Waals surface area contributed by atoms with Gasteiger partial charge in [0.15, 0.2) is 0 Å². The van der Waals surface area contributed by atoms with Gasteiger partial charge in [-0.1, -0.05) is 12.1 Å². The van der Waals surface area contributed by atoms with E-state index in [2.05, 4.69) is 0 Å². The maximum atomic E-state index is 10.8. The van der Waals surface area contributed by atoms with Gasteiger partial charge in [0.05, 0.1) is 11.0 Å². The first-order chi connectivity index (χ1) is 9.08. The van der Waals surface area contributed by atoms with Crippen molar-refractivity contribution in [1.29, 1.82) is 0 Å². The Balaban J connectivity index is 1.79. The van der Waals surface area contributed by atoms with Crippen molar-refractivity contribution in [2.45, 2.75) is 37.3 Å².